The van der Waals surface area contributed by atoms with Crippen molar-refractivity contribution in [1.29, 1.82) is 0 Å². The van der Waals surface area contributed by atoms with Crippen LogP contribution in [0.2, 0.25) is 0 Å². The van der Waals surface area contributed by atoms with Crippen LogP contribution in [0.15, 0.2) is 96.6 Å². The molecule has 0 saturated carbocycles. The molecule has 5 rings (SSSR count). The Bertz CT molecular complexity index is 1390. The summed E-state index contributed by atoms with van der Waals surface area (Å²) < 4.78 is 5.15. The van der Waals surface area contributed by atoms with E-state index in [1.165, 1.54) is 12.8 Å². The zero-order valence-electron chi connectivity index (χ0n) is 25.4. The number of pyridine rings is 1. The lowest BCUT2D eigenvalue weighted by Crippen LogP contribution is -2.55. The molecule has 2 bridgehead atoms. The third-order valence-corrected chi connectivity index (χ3v) is 8.71. The van der Waals surface area contributed by atoms with Gasteiger partial charge in [-0.1, -0.05) is 49.1 Å². The predicted octanol–water partition coefficient (Wildman–Crippen LogP) is 4.27. The van der Waals surface area contributed by atoms with Crippen molar-refractivity contribution >= 4 is 11.7 Å². The molecule has 1 aromatic heterocycles. The molecule has 8 nitrogen and oxygen atoms in total. The van der Waals surface area contributed by atoms with Crippen molar-refractivity contribution in [3.8, 4) is 0 Å². The van der Waals surface area contributed by atoms with Gasteiger partial charge in [-0.05, 0) is 61.1 Å². The molecule has 2 aromatic rings. The molecule has 2 unspecified atom stereocenters. The van der Waals surface area contributed by atoms with E-state index in [0.717, 1.165) is 49.3 Å². The van der Waals surface area contributed by atoms with E-state index in [0.29, 0.717) is 48.7 Å². The van der Waals surface area contributed by atoms with Gasteiger partial charge in [-0.25, -0.2) is 0 Å². The highest BCUT2D eigenvalue weighted by Crippen LogP contribution is 2.30. The van der Waals surface area contributed by atoms with E-state index in [1.807, 2.05) is 48.7 Å². The van der Waals surface area contributed by atoms with Gasteiger partial charge in [0.2, 0.25) is 0 Å². The molecule has 2 fully saturated rings. The van der Waals surface area contributed by atoms with E-state index in [9.17, 15) is 9.59 Å². The van der Waals surface area contributed by atoms with Gasteiger partial charge in [-0.3, -0.25) is 24.4 Å². The zero-order valence-corrected chi connectivity index (χ0v) is 25.4. The van der Waals surface area contributed by atoms with Gasteiger partial charge in [-0.15, -0.1) is 0 Å². The Hall–Kier alpha value is -4.01. The van der Waals surface area contributed by atoms with E-state index in [4.69, 9.17) is 4.74 Å². The van der Waals surface area contributed by atoms with Gasteiger partial charge in [0.15, 0.2) is 5.78 Å². The molecule has 2 atom stereocenters. The summed E-state index contributed by atoms with van der Waals surface area (Å²) in [6.45, 7) is 11.3. The number of hydrogen-bond donors (Lipinski definition) is 1. The lowest BCUT2D eigenvalue weighted by Gasteiger charge is -2.41. The number of hydrogen-bond acceptors (Lipinski definition) is 7. The number of fused-ring (bicyclic) bond motifs is 2. The number of aromatic nitrogens is 1. The first-order chi connectivity index (χ1) is 20.9. The number of ketones is 1. The molecule has 226 valence electrons. The van der Waals surface area contributed by atoms with Crippen LogP contribution in [-0.2, 0) is 16.1 Å². The molecule has 0 radical (unpaired) electrons. The van der Waals surface area contributed by atoms with Crippen LogP contribution in [0.3, 0.4) is 0 Å². The molecular formula is C35H43N5O3. The molecule has 1 N–H and O–H groups in total. The quantitative estimate of drug-likeness (QED) is 0.215. The van der Waals surface area contributed by atoms with Crippen molar-refractivity contribution in [2.45, 2.75) is 44.8 Å². The maximum atomic E-state index is 13.3. The van der Waals surface area contributed by atoms with Crippen molar-refractivity contribution in [2.24, 2.45) is 0 Å². The van der Waals surface area contributed by atoms with Crippen molar-refractivity contribution < 1.29 is 14.3 Å². The summed E-state index contributed by atoms with van der Waals surface area (Å²) in [5.74, 6) is 0.598. The van der Waals surface area contributed by atoms with E-state index >= 15 is 0 Å². The Morgan fingerprint density at radius 3 is 2.58 bits per heavy atom. The lowest BCUT2D eigenvalue weighted by molar-refractivity contribution is -0.117. The third-order valence-electron chi connectivity index (χ3n) is 8.71. The van der Waals surface area contributed by atoms with Gasteiger partial charge in [0.05, 0.1) is 19.2 Å². The van der Waals surface area contributed by atoms with Crippen LogP contribution in [0.25, 0.3) is 0 Å². The maximum Gasteiger partial charge on any atom is 0.253 e. The summed E-state index contributed by atoms with van der Waals surface area (Å²) in [4.78, 5) is 37.4. The highest BCUT2D eigenvalue weighted by molar-refractivity contribution is 5.98. The van der Waals surface area contributed by atoms with Crippen LogP contribution in [0.1, 0.15) is 40.9 Å². The molecule has 3 aliphatic rings. The fraction of sp³-hybridized carbons (Fsp3) is 0.400. The number of nitrogens with zero attached hydrogens (tertiary/aromatic N) is 4. The number of ether oxygens (including phenoxy) is 1. The summed E-state index contributed by atoms with van der Waals surface area (Å²) >= 11 is 0. The number of rotatable bonds is 13. The SMILES string of the molecule is C=C(/C=C\C=C1/CN(CCCN2C3CCC2CN(CC(=O)c2ccccn2)C3)C=C1C(=O)NCc1ccccc1C)OC. The van der Waals surface area contributed by atoms with Gasteiger partial charge in [0.1, 0.15) is 11.5 Å². The number of Topliss-reactive ketones (excluding diaryl/α,β-unsaturated/α-hetero) is 1. The monoisotopic (exact) mass is 581 g/mol. The van der Waals surface area contributed by atoms with Gasteiger partial charge >= 0.3 is 0 Å². The van der Waals surface area contributed by atoms with Crippen LogP contribution in [-0.4, -0.2) is 89.8 Å². The number of nitrogens with one attached hydrogen (secondary N) is 1. The van der Waals surface area contributed by atoms with Crippen LogP contribution in [0, 0.1) is 6.92 Å². The highest BCUT2D eigenvalue weighted by atomic mass is 16.5. The van der Waals surface area contributed by atoms with Gasteiger partial charge in [-0.2, -0.15) is 0 Å². The number of methoxy groups -OCH3 is 1. The molecule has 43 heavy (non-hydrogen) atoms. The molecule has 2 saturated heterocycles. The molecule has 1 aromatic carbocycles. The number of carbonyl (C=O) groups excluding carboxylic acids is 2. The Labute approximate surface area is 255 Å². The van der Waals surface area contributed by atoms with E-state index in [2.05, 4.69) is 44.6 Å². The molecule has 3 aliphatic heterocycles. The molecule has 4 heterocycles. The summed E-state index contributed by atoms with van der Waals surface area (Å²) in [7, 11) is 1.59. The van der Waals surface area contributed by atoms with Crippen LogP contribution < -0.4 is 5.32 Å². The normalized spacial score (nSPS) is 21.4. The first-order valence-electron chi connectivity index (χ1n) is 15.2. The van der Waals surface area contributed by atoms with Crippen LogP contribution >= 0.6 is 0 Å². The maximum absolute atomic E-state index is 13.3. The largest absolute Gasteiger partial charge is 0.497 e. The van der Waals surface area contributed by atoms with Crippen molar-refractivity contribution in [2.75, 3.05) is 46.4 Å². The topological polar surface area (TPSA) is 78.0 Å². The summed E-state index contributed by atoms with van der Waals surface area (Å²) in [5, 5.41) is 3.12. The Balaban J connectivity index is 1.15. The predicted molar refractivity (Wildman–Crippen MR) is 169 cm³/mol. The fourth-order valence-electron chi connectivity index (χ4n) is 6.36. The fourth-order valence-corrected chi connectivity index (χ4v) is 6.36. The second kappa shape index (κ2) is 14.4. The van der Waals surface area contributed by atoms with Gasteiger partial charge < -0.3 is 15.0 Å². The van der Waals surface area contributed by atoms with Crippen LogP contribution in [0.4, 0.5) is 0 Å². The minimum Gasteiger partial charge on any atom is -0.497 e. The Kier molecular flexibility index (Phi) is 10.2. The molecule has 0 spiro atoms. The number of carbonyl (C=O) groups is 2. The van der Waals surface area contributed by atoms with Crippen molar-refractivity contribution in [1.82, 2.24) is 25.0 Å². The number of allylic oxidation sites excluding steroid dienone is 3. The lowest BCUT2D eigenvalue weighted by atomic mass is 10.1. The smallest absolute Gasteiger partial charge is 0.253 e. The number of likely N-dealkylation sites (tertiary alicyclic amines) is 1. The van der Waals surface area contributed by atoms with Gasteiger partial charge in [0, 0.05) is 63.7 Å². The summed E-state index contributed by atoms with van der Waals surface area (Å²) in [6, 6.07) is 14.6. The average Bonchev–Trinajstić information content (AvgIpc) is 3.53. The molecular weight excluding hydrogens is 538 g/mol. The molecule has 1 amide bonds. The standard InChI is InChI=1S/C35H43N5O3/c1-26-10-4-5-12-28(26)20-37-35(42)32-24-38(21-29(32)13-8-11-27(2)43-3)18-9-19-40-30-15-16-31(40)23-39(22-30)25-34(41)33-14-6-7-17-36-33/h4-8,10-14,17,24,30-31H,2,9,15-16,18-23,25H2,1,3H3,(H,37,42)/b11-8-,29-13+. The summed E-state index contributed by atoms with van der Waals surface area (Å²) in [6.07, 6.45) is 12.7. The minimum atomic E-state index is -0.0645. The van der Waals surface area contributed by atoms with Gasteiger partial charge in [0.25, 0.3) is 5.91 Å². The van der Waals surface area contributed by atoms with Crippen molar-refractivity contribution in [3.63, 3.8) is 0 Å². The molecule has 0 aliphatic carbocycles. The number of benzene rings is 1. The zero-order chi connectivity index (χ0) is 30.2. The Morgan fingerprint density at radius 1 is 1.09 bits per heavy atom. The Morgan fingerprint density at radius 2 is 1.86 bits per heavy atom. The second-order valence-electron chi connectivity index (χ2n) is 11.7. The number of piperazine rings is 1. The van der Waals surface area contributed by atoms with Crippen LogP contribution in [0.5, 0.6) is 0 Å². The van der Waals surface area contributed by atoms with Crippen molar-refractivity contribution in [3.05, 3.63) is 113 Å². The van der Waals surface area contributed by atoms with E-state index in [1.54, 1.807) is 25.4 Å². The first-order valence-corrected chi connectivity index (χ1v) is 15.2. The number of amides is 1. The molecule has 8 heteroatoms. The summed E-state index contributed by atoms with van der Waals surface area (Å²) in [5.41, 5.74) is 4.51. The number of aryl methyl sites for hydroxylation is 1. The third kappa shape index (κ3) is 7.89. The van der Waals surface area contributed by atoms with E-state index < -0.39 is 0 Å². The second-order valence-corrected chi connectivity index (χ2v) is 11.7. The average molecular weight is 582 g/mol. The van der Waals surface area contributed by atoms with E-state index in [-0.39, 0.29) is 11.7 Å². The minimum absolute atomic E-state index is 0.0645. The highest BCUT2D eigenvalue weighted by Gasteiger charge is 2.40. The first kappa shape index (κ1) is 30.4.